The molecule has 2 aromatic carbocycles. The first-order valence-electron chi connectivity index (χ1n) is 9.39. The van der Waals surface area contributed by atoms with Crippen molar-refractivity contribution in [2.24, 2.45) is 5.92 Å². The zero-order chi connectivity index (χ0) is 20.6. The smallest absolute Gasteiger partial charge is 0.321 e. The van der Waals surface area contributed by atoms with Crippen LogP contribution in [0, 0.1) is 5.92 Å². The molecule has 154 valence electrons. The van der Waals surface area contributed by atoms with Crippen LogP contribution >= 0.6 is 23.2 Å². The molecule has 0 spiro atoms. The zero-order valence-corrected chi connectivity index (χ0v) is 17.3. The second-order valence-corrected chi connectivity index (χ2v) is 7.46. The number of urea groups is 1. The van der Waals surface area contributed by atoms with Crippen molar-refractivity contribution in [1.82, 2.24) is 4.90 Å². The summed E-state index contributed by atoms with van der Waals surface area (Å²) in [5.74, 6) is -0.321. The van der Waals surface area contributed by atoms with Crippen molar-refractivity contribution in [1.29, 1.82) is 0 Å². The normalized spacial score (nSPS) is 16.2. The van der Waals surface area contributed by atoms with Gasteiger partial charge in [0.25, 0.3) is 0 Å². The number of hydrogen-bond donors (Lipinski definition) is 1. The van der Waals surface area contributed by atoms with Crippen LogP contribution in [-0.2, 0) is 9.53 Å². The predicted molar refractivity (Wildman–Crippen MR) is 113 cm³/mol. The summed E-state index contributed by atoms with van der Waals surface area (Å²) >= 11 is 12.1. The zero-order valence-electron chi connectivity index (χ0n) is 15.8. The Morgan fingerprint density at radius 3 is 2.48 bits per heavy atom. The Kier molecular flexibility index (Phi) is 7.61. The maximum absolute atomic E-state index is 12.4. The molecule has 0 aliphatic carbocycles. The summed E-state index contributed by atoms with van der Waals surface area (Å²) in [6.45, 7) is 1.15. The molecule has 1 N–H and O–H groups in total. The Morgan fingerprint density at radius 2 is 1.76 bits per heavy atom. The molecule has 6 nitrogen and oxygen atoms in total. The minimum Gasteiger partial charge on any atom is -0.487 e. The lowest BCUT2D eigenvalue weighted by Gasteiger charge is -2.31. The first-order chi connectivity index (χ1) is 14.0. The maximum atomic E-state index is 12.4. The number of hydrogen-bond acceptors (Lipinski definition) is 4. The van der Waals surface area contributed by atoms with Crippen molar-refractivity contribution in [3.8, 4) is 5.75 Å². The average molecular weight is 437 g/mol. The summed E-state index contributed by atoms with van der Waals surface area (Å²) in [5, 5.41) is 3.64. The van der Waals surface area contributed by atoms with E-state index in [0.717, 1.165) is 12.1 Å². The molecule has 1 aliphatic heterocycles. The molecule has 0 aromatic heterocycles. The maximum Gasteiger partial charge on any atom is 0.321 e. The number of likely N-dealkylation sites (tertiary alicyclic amines) is 1. The number of nitrogens with one attached hydrogen (secondary N) is 1. The fourth-order valence-electron chi connectivity index (χ4n) is 3.10. The average Bonchev–Trinajstić information content (AvgIpc) is 2.73. The third-order valence-corrected chi connectivity index (χ3v) is 5.16. The van der Waals surface area contributed by atoms with Gasteiger partial charge in [-0.3, -0.25) is 4.79 Å². The summed E-state index contributed by atoms with van der Waals surface area (Å²) in [5.41, 5.74) is 0.720. The minimum atomic E-state index is -0.353. The molecule has 3 rings (SSSR count). The number of piperidine rings is 1. The number of carbonyl (C=O) groups is 2. The highest BCUT2D eigenvalue weighted by Gasteiger charge is 2.29. The van der Waals surface area contributed by atoms with Gasteiger partial charge in [-0.25, -0.2) is 4.79 Å². The van der Waals surface area contributed by atoms with Gasteiger partial charge in [0.05, 0.1) is 16.0 Å². The number of esters is 1. The number of nitrogens with zero attached hydrogens (tertiary/aromatic N) is 1. The molecular formula is C21H22Cl2N2O4. The quantitative estimate of drug-likeness (QED) is 0.518. The molecule has 2 amide bonds. The lowest BCUT2D eigenvalue weighted by Crippen LogP contribution is -2.44. The van der Waals surface area contributed by atoms with Crippen LogP contribution in [0.15, 0.2) is 48.5 Å². The van der Waals surface area contributed by atoms with Gasteiger partial charge in [-0.2, -0.15) is 0 Å². The standard InChI is InChI=1S/C21H22Cl2N2O4/c22-17-9-4-10-18(23)19(17)28-12-13-29-20(26)15-6-5-11-25(14-15)21(27)24-16-7-2-1-3-8-16/h1-4,7-10,15H,5-6,11-14H2,(H,24,27). The molecule has 1 unspecified atom stereocenters. The summed E-state index contributed by atoms with van der Waals surface area (Å²) in [7, 11) is 0. The van der Waals surface area contributed by atoms with Crippen LogP contribution in [0.5, 0.6) is 5.75 Å². The van der Waals surface area contributed by atoms with Crippen LogP contribution < -0.4 is 10.1 Å². The van der Waals surface area contributed by atoms with Crippen molar-refractivity contribution in [2.45, 2.75) is 12.8 Å². The Hall–Kier alpha value is -2.44. The van der Waals surface area contributed by atoms with Crippen LogP contribution in [0.4, 0.5) is 10.5 Å². The van der Waals surface area contributed by atoms with Gasteiger partial charge in [-0.05, 0) is 37.1 Å². The fourth-order valence-corrected chi connectivity index (χ4v) is 3.61. The van der Waals surface area contributed by atoms with Gasteiger partial charge in [0.15, 0.2) is 5.75 Å². The molecule has 2 aromatic rings. The first kappa shape index (κ1) is 21.3. The number of rotatable bonds is 6. The first-order valence-corrected chi connectivity index (χ1v) is 10.1. The Balaban J connectivity index is 1.44. The molecule has 1 atom stereocenters. The lowest BCUT2D eigenvalue weighted by molar-refractivity contribution is -0.150. The van der Waals surface area contributed by atoms with E-state index in [1.807, 2.05) is 30.3 Å². The van der Waals surface area contributed by atoms with E-state index >= 15 is 0 Å². The summed E-state index contributed by atoms with van der Waals surface area (Å²) < 4.78 is 10.8. The number of carbonyl (C=O) groups excluding carboxylic acids is 2. The molecule has 0 saturated carbocycles. The highest BCUT2D eigenvalue weighted by molar-refractivity contribution is 6.37. The number of benzene rings is 2. The topological polar surface area (TPSA) is 67.9 Å². The molecule has 8 heteroatoms. The predicted octanol–water partition coefficient (Wildman–Crippen LogP) is 4.86. The van der Waals surface area contributed by atoms with E-state index in [2.05, 4.69) is 5.32 Å². The number of anilines is 1. The van der Waals surface area contributed by atoms with Gasteiger partial charge < -0.3 is 19.7 Å². The third kappa shape index (κ3) is 6.02. The highest BCUT2D eigenvalue weighted by Crippen LogP contribution is 2.32. The molecule has 29 heavy (non-hydrogen) atoms. The van der Waals surface area contributed by atoms with Crippen molar-refractivity contribution in [3.05, 3.63) is 58.6 Å². The summed E-state index contributed by atoms with van der Waals surface area (Å²) in [6, 6.07) is 14.1. The SMILES string of the molecule is O=C(OCCOc1c(Cl)cccc1Cl)C1CCCN(C(=O)Nc2ccccc2)C1. The van der Waals surface area contributed by atoms with E-state index in [-0.39, 0.29) is 31.1 Å². The van der Waals surface area contributed by atoms with E-state index in [4.69, 9.17) is 32.7 Å². The summed E-state index contributed by atoms with van der Waals surface area (Å²) in [6.07, 6.45) is 1.43. The van der Waals surface area contributed by atoms with Gasteiger partial charge in [0.1, 0.15) is 13.2 Å². The Bertz CT molecular complexity index is 828. The molecule has 1 heterocycles. The van der Waals surface area contributed by atoms with Gasteiger partial charge in [-0.1, -0.05) is 47.5 Å². The lowest BCUT2D eigenvalue weighted by atomic mass is 9.98. The van der Waals surface area contributed by atoms with E-state index in [9.17, 15) is 9.59 Å². The number of amides is 2. The van der Waals surface area contributed by atoms with Gasteiger partial charge in [0.2, 0.25) is 0 Å². The van der Waals surface area contributed by atoms with E-state index in [1.54, 1.807) is 23.1 Å². The number of para-hydroxylation sites is 2. The van der Waals surface area contributed by atoms with Crippen molar-refractivity contribution in [2.75, 3.05) is 31.6 Å². The van der Waals surface area contributed by atoms with Gasteiger partial charge >= 0.3 is 12.0 Å². The Morgan fingerprint density at radius 1 is 1.03 bits per heavy atom. The van der Waals surface area contributed by atoms with Crippen LogP contribution in [0.1, 0.15) is 12.8 Å². The number of halogens is 2. The van der Waals surface area contributed by atoms with E-state index < -0.39 is 0 Å². The van der Waals surface area contributed by atoms with Crippen LogP contribution in [0.3, 0.4) is 0 Å². The van der Waals surface area contributed by atoms with E-state index in [0.29, 0.717) is 35.3 Å². The third-order valence-electron chi connectivity index (χ3n) is 4.56. The van der Waals surface area contributed by atoms with Gasteiger partial charge in [0, 0.05) is 18.8 Å². The highest BCUT2D eigenvalue weighted by atomic mass is 35.5. The second-order valence-electron chi connectivity index (χ2n) is 6.65. The largest absolute Gasteiger partial charge is 0.487 e. The minimum absolute atomic E-state index is 0.0765. The second kappa shape index (κ2) is 10.4. The molecule has 1 fully saturated rings. The van der Waals surface area contributed by atoms with Gasteiger partial charge in [-0.15, -0.1) is 0 Å². The molecule has 0 radical (unpaired) electrons. The van der Waals surface area contributed by atoms with Crippen LogP contribution in [0.2, 0.25) is 10.0 Å². The van der Waals surface area contributed by atoms with E-state index in [1.165, 1.54) is 0 Å². The molecule has 1 aliphatic rings. The molecule has 0 bridgehead atoms. The number of ether oxygens (including phenoxy) is 2. The monoisotopic (exact) mass is 436 g/mol. The summed E-state index contributed by atoms with van der Waals surface area (Å²) in [4.78, 5) is 26.5. The fraction of sp³-hybridized carbons (Fsp3) is 0.333. The molecular weight excluding hydrogens is 415 g/mol. The van der Waals surface area contributed by atoms with Crippen molar-refractivity contribution < 1.29 is 19.1 Å². The van der Waals surface area contributed by atoms with Crippen LogP contribution in [-0.4, -0.2) is 43.2 Å². The Labute approximate surface area is 179 Å². The molecule has 1 saturated heterocycles. The van der Waals surface area contributed by atoms with Crippen molar-refractivity contribution >= 4 is 40.9 Å². The van der Waals surface area contributed by atoms with Crippen LogP contribution in [0.25, 0.3) is 0 Å². The van der Waals surface area contributed by atoms with Crippen molar-refractivity contribution in [3.63, 3.8) is 0 Å².